The first kappa shape index (κ1) is 26.9. The molecule has 214 valence electrons. The number of hydrogen-bond acceptors (Lipinski definition) is 6. The molecule has 1 N–H and O–H groups in total. The van der Waals surface area contributed by atoms with E-state index in [0.717, 1.165) is 29.2 Å². The summed E-state index contributed by atoms with van der Waals surface area (Å²) in [5.41, 5.74) is 2.63. The standard InChI is InChI=1S/C32H42N4O4/c1-21(2)40-28-7-4-26(5-8-28)31(37)35-12-10-34(11-13-35)27-6-9-30(36(38)39)29(17-27)33-22(3)32-18-23-14-24(19-32)16-25(15-23)20-32/h4-9,17,21-25,33H,10-16,18-20H2,1-3H3. The van der Waals surface area contributed by atoms with Crippen LogP contribution in [0.4, 0.5) is 17.1 Å². The Morgan fingerprint density at radius 3 is 2.10 bits per heavy atom. The van der Waals surface area contributed by atoms with E-state index in [2.05, 4.69) is 17.1 Å². The van der Waals surface area contributed by atoms with Gasteiger partial charge in [-0.25, -0.2) is 0 Å². The zero-order chi connectivity index (χ0) is 28.0. The lowest BCUT2D eigenvalue weighted by molar-refractivity contribution is -0.384. The van der Waals surface area contributed by atoms with Crippen molar-refractivity contribution in [1.29, 1.82) is 0 Å². The number of ether oxygens (including phenoxy) is 1. The van der Waals surface area contributed by atoms with Crippen molar-refractivity contribution in [2.24, 2.45) is 23.2 Å². The van der Waals surface area contributed by atoms with E-state index < -0.39 is 0 Å². The Kier molecular flexibility index (Phi) is 7.13. The molecular weight excluding hydrogens is 504 g/mol. The SMILES string of the molecule is CC(C)Oc1ccc(C(=O)N2CCN(c3ccc([N+](=O)[O-])c(NC(C)C45CC6CC(CC(C6)C4)C5)c3)CC2)cc1. The van der Waals surface area contributed by atoms with Crippen molar-refractivity contribution >= 4 is 23.0 Å². The van der Waals surface area contributed by atoms with Crippen LogP contribution in [0.5, 0.6) is 5.75 Å². The van der Waals surface area contributed by atoms with Gasteiger partial charge >= 0.3 is 0 Å². The third-order valence-electron chi connectivity index (χ3n) is 9.96. The number of rotatable bonds is 8. The molecule has 1 unspecified atom stereocenters. The average Bonchev–Trinajstić information content (AvgIpc) is 2.92. The van der Waals surface area contributed by atoms with Crippen LogP contribution in [0.25, 0.3) is 0 Å². The van der Waals surface area contributed by atoms with Gasteiger partial charge in [0.15, 0.2) is 0 Å². The lowest BCUT2D eigenvalue weighted by atomic mass is 9.48. The molecule has 2 aromatic rings. The maximum absolute atomic E-state index is 13.1. The molecule has 7 rings (SSSR count). The van der Waals surface area contributed by atoms with Crippen LogP contribution in [-0.4, -0.2) is 54.1 Å². The Bertz CT molecular complexity index is 1220. The van der Waals surface area contributed by atoms with E-state index in [4.69, 9.17) is 4.74 Å². The molecular formula is C32H42N4O4. The third kappa shape index (κ3) is 5.25. The normalized spacial score (nSPS) is 28.1. The second-order valence-corrected chi connectivity index (χ2v) is 13.1. The summed E-state index contributed by atoms with van der Waals surface area (Å²) >= 11 is 0. The zero-order valence-electron chi connectivity index (χ0n) is 24.0. The molecule has 5 fully saturated rings. The van der Waals surface area contributed by atoms with Crippen LogP contribution in [0.1, 0.15) is 69.7 Å². The van der Waals surface area contributed by atoms with Crippen LogP contribution in [0.3, 0.4) is 0 Å². The number of nitro groups is 1. The predicted molar refractivity (Wildman–Crippen MR) is 157 cm³/mol. The van der Waals surface area contributed by atoms with E-state index in [1.165, 1.54) is 38.5 Å². The van der Waals surface area contributed by atoms with E-state index >= 15 is 0 Å². The number of piperazine rings is 1. The average molecular weight is 547 g/mol. The van der Waals surface area contributed by atoms with Gasteiger partial charge in [0.2, 0.25) is 0 Å². The number of carbonyl (C=O) groups is 1. The van der Waals surface area contributed by atoms with E-state index in [0.29, 0.717) is 37.4 Å². The molecule has 8 heteroatoms. The van der Waals surface area contributed by atoms with E-state index in [1.54, 1.807) is 6.07 Å². The van der Waals surface area contributed by atoms with Crippen molar-refractivity contribution in [1.82, 2.24) is 4.90 Å². The van der Waals surface area contributed by atoms with E-state index in [1.807, 2.05) is 55.1 Å². The van der Waals surface area contributed by atoms with Crippen LogP contribution in [0.2, 0.25) is 0 Å². The second-order valence-electron chi connectivity index (χ2n) is 13.1. The summed E-state index contributed by atoms with van der Waals surface area (Å²) in [6.45, 7) is 8.78. The van der Waals surface area contributed by atoms with E-state index in [-0.39, 0.29) is 34.1 Å². The fraction of sp³-hybridized carbons (Fsp3) is 0.594. The Balaban J connectivity index is 1.12. The number of carbonyl (C=O) groups excluding carboxylic acids is 1. The highest BCUT2D eigenvalue weighted by molar-refractivity contribution is 5.94. The fourth-order valence-electron chi connectivity index (χ4n) is 8.39. The van der Waals surface area contributed by atoms with Gasteiger partial charge in [-0.3, -0.25) is 14.9 Å². The minimum atomic E-state index is -0.271. The molecule has 8 nitrogen and oxygen atoms in total. The largest absolute Gasteiger partial charge is 0.491 e. The Labute approximate surface area is 237 Å². The lowest BCUT2D eigenvalue weighted by Gasteiger charge is -2.59. The first-order valence-corrected chi connectivity index (χ1v) is 15.0. The van der Waals surface area contributed by atoms with Gasteiger partial charge in [-0.1, -0.05) is 0 Å². The summed E-state index contributed by atoms with van der Waals surface area (Å²) in [6.07, 6.45) is 8.00. The van der Waals surface area contributed by atoms with Crippen LogP contribution < -0.4 is 15.0 Å². The smallest absolute Gasteiger partial charge is 0.292 e. The number of hydrogen-bond donors (Lipinski definition) is 1. The van der Waals surface area contributed by atoms with Crippen LogP contribution in [0, 0.1) is 33.3 Å². The lowest BCUT2D eigenvalue weighted by Crippen LogP contribution is -2.53. The summed E-state index contributed by atoms with van der Waals surface area (Å²) in [4.78, 5) is 28.9. The molecule has 1 heterocycles. The highest BCUT2D eigenvalue weighted by Crippen LogP contribution is 2.61. The number of nitro benzene ring substituents is 1. The number of nitrogens with one attached hydrogen (secondary N) is 1. The van der Waals surface area contributed by atoms with Gasteiger partial charge in [0.05, 0.1) is 11.0 Å². The molecule has 1 amide bonds. The van der Waals surface area contributed by atoms with Crippen molar-refractivity contribution in [2.75, 3.05) is 36.4 Å². The van der Waals surface area contributed by atoms with Gasteiger partial charge in [-0.05, 0) is 119 Å². The third-order valence-corrected chi connectivity index (χ3v) is 9.96. The highest BCUT2D eigenvalue weighted by atomic mass is 16.6. The summed E-state index contributed by atoms with van der Waals surface area (Å²) in [7, 11) is 0. The van der Waals surface area contributed by atoms with E-state index in [9.17, 15) is 14.9 Å². The summed E-state index contributed by atoms with van der Waals surface area (Å²) < 4.78 is 5.70. The number of nitrogens with zero attached hydrogens (tertiary/aromatic N) is 3. The Morgan fingerprint density at radius 1 is 0.950 bits per heavy atom. The minimum Gasteiger partial charge on any atom is -0.491 e. The number of benzene rings is 2. The van der Waals surface area contributed by atoms with Crippen molar-refractivity contribution in [3.63, 3.8) is 0 Å². The zero-order valence-corrected chi connectivity index (χ0v) is 24.0. The fourth-order valence-corrected chi connectivity index (χ4v) is 8.39. The minimum absolute atomic E-state index is 0.0196. The first-order chi connectivity index (χ1) is 19.2. The topological polar surface area (TPSA) is 88.0 Å². The van der Waals surface area contributed by atoms with Gasteiger partial charge < -0.3 is 19.9 Å². The van der Waals surface area contributed by atoms with Crippen molar-refractivity contribution in [3.05, 3.63) is 58.1 Å². The quantitative estimate of drug-likeness (QED) is 0.306. The Morgan fingerprint density at radius 2 is 1.55 bits per heavy atom. The molecule has 0 radical (unpaired) electrons. The summed E-state index contributed by atoms with van der Waals surface area (Å²) in [5, 5.41) is 15.6. The molecule has 0 aromatic heterocycles. The maximum atomic E-state index is 13.1. The van der Waals surface area contributed by atoms with Crippen molar-refractivity contribution in [3.8, 4) is 5.75 Å². The molecule has 0 spiro atoms. The maximum Gasteiger partial charge on any atom is 0.292 e. The molecule has 4 saturated carbocycles. The summed E-state index contributed by atoms with van der Waals surface area (Å²) in [6, 6.07) is 13.0. The van der Waals surface area contributed by atoms with Gasteiger partial charge in [0.1, 0.15) is 11.4 Å². The molecule has 2 aromatic carbocycles. The van der Waals surface area contributed by atoms with Crippen LogP contribution in [0.15, 0.2) is 42.5 Å². The predicted octanol–water partition coefficient (Wildman–Crippen LogP) is 6.36. The highest BCUT2D eigenvalue weighted by Gasteiger charge is 2.53. The van der Waals surface area contributed by atoms with Gasteiger partial charge in [0, 0.05) is 49.5 Å². The van der Waals surface area contributed by atoms with Gasteiger partial charge in [-0.2, -0.15) is 0 Å². The molecule has 5 aliphatic rings. The van der Waals surface area contributed by atoms with Crippen LogP contribution in [-0.2, 0) is 0 Å². The summed E-state index contributed by atoms with van der Waals surface area (Å²) in [5.74, 6) is 3.29. The second kappa shape index (κ2) is 10.6. The molecule has 1 saturated heterocycles. The number of anilines is 2. The first-order valence-electron chi connectivity index (χ1n) is 15.0. The molecule has 40 heavy (non-hydrogen) atoms. The van der Waals surface area contributed by atoms with Crippen LogP contribution >= 0.6 is 0 Å². The molecule has 1 atom stereocenters. The van der Waals surface area contributed by atoms with Crippen molar-refractivity contribution < 1.29 is 14.5 Å². The van der Waals surface area contributed by atoms with Gasteiger partial charge in [0.25, 0.3) is 11.6 Å². The van der Waals surface area contributed by atoms with Crippen molar-refractivity contribution in [2.45, 2.75) is 71.4 Å². The molecule has 4 bridgehead atoms. The molecule has 1 aliphatic heterocycles. The molecule has 4 aliphatic carbocycles. The van der Waals surface area contributed by atoms with Gasteiger partial charge in [-0.15, -0.1) is 0 Å². The monoisotopic (exact) mass is 546 g/mol. The number of amides is 1. The Hall–Kier alpha value is -3.29.